The van der Waals surface area contributed by atoms with Crippen molar-refractivity contribution in [3.8, 4) is 0 Å². The van der Waals surface area contributed by atoms with Gasteiger partial charge in [-0.25, -0.2) is 0 Å². The van der Waals surface area contributed by atoms with Crippen LogP contribution < -0.4 is 5.32 Å². The molecule has 1 amide bonds. The number of likely N-dealkylation sites (tertiary alicyclic amines) is 1. The van der Waals surface area contributed by atoms with Crippen LogP contribution in [0.3, 0.4) is 0 Å². The Labute approximate surface area is 123 Å². The highest BCUT2D eigenvalue weighted by Gasteiger charge is 2.44. The van der Waals surface area contributed by atoms with Gasteiger partial charge in [-0.3, -0.25) is 4.79 Å². The molecule has 2 heterocycles. The van der Waals surface area contributed by atoms with Gasteiger partial charge in [0.05, 0.1) is 0 Å². The summed E-state index contributed by atoms with van der Waals surface area (Å²) in [5, 5.41) is 3.34. The monoisotopic (exact) mass is 294 g/mol. The second-order valence-corrected chi connectivity index (χ2v) is 5.99. The standard InChI is InChI=1S/C16H20F2N2O/c17-16(18,14-4-2-1-3-5-14)15(21)20-8-6-12-10-19-11-13(12)7-9-20/h1-5,12-13,19H,6-11H2/t12-,13+. The summed E-state index contributed by atoms with van der Waals surface area (Å²) in [5.41, 5.74) is -0.221. The van der Waals surface area contributed by atoms with Gasteiger partial charge in [0.15, 0.2) is 0 Å². The molecule has 0 unspecified atom stereocenters. The van der Waals surface area contributed by atoms with Crippen molar-refractivity contribution in [3.05, 3.63) is 35.9 Å². The lowest BCUT2D eigenvalue weighted by Gasteiger charge is -2.26. The molecular weight excluding hydrogens is 274 g/mol. The molecule has 1 N–H and O–H groups in total. The highest BCUT2D eigenvalue weighted by Crippen LogP contribution is 2.33. The van der Waals surface area contributed by atoms with Gasteiger partial charge in [0.2, 0.25) is 0 Å². The van der Waals surface area contributed by atoms with Crippen LogP contribution >= 0.6 is 0 Å². The molecule has 0 aliphatic carbocycles. The first-order valence-corrected chi connectivity index (χ1v) is 7.52. The van der Waals surface area contributed by atoms with Crippen LogP contribution in [0.1, 0.15) is 18.4 Å². The zero-order valence-corrected chi connectivity index (χ0v) is 11.9. The van der Waals surface area contributed by atoms with Crippen LogP contribution in [0.15, 0.2) is 30.3 Å². The van der Waals surface area contributed by atoms with E-state index in [4.69, 9.17) is 0 Å². The number of amides is 1. The molecule has 1 aromatic carbocycles. The van der Waals surface area contributed by atoms with Crippen molar-refractivity contribution in [2.75, 3.05) is 26.2 Å². The number of carbonyl (C=O) groups excluding carboxylic acids is 1. The first-order chi connectivity index (χ1) is 10.1. The normalized spacial score (nSPS) is 26.3. The number of benzene rings is 1. The Balaban J connectivity index is 1.73. The van der Waals surface area contributed by atoms with Crippen LogP contribution in [0.2, 0.25) is 0 Å². The van der Waals surface area contributed by atoms with Gasteiger partial charge in [-0.15, -0.1) is 0 Å². The van der Waals surface area contributed by atoms with E-state index in [2.05, 4.69) is 5.32 Å². The van der Waals surface area contributed by atoms with Gasteiger partial charge in [0, 0.05) is 18.7 Å². The van der Waals surface area contributed by atoms with Crippen molar-refractivity contribution in [3.63, 3.8) is 0 Å². The van der Waals surface area contributed by atoms with Crippen LogP contribution in [0, 0.1) is 11.8 Å². The lowest BCUT2D eigenvalue weighted by atomic mass is 9.92. The van der Waals surface area contributed by atoms with Gasteiger partial charge >= 0.3 is 5.92 Å². The summed E-state index contributed by atoms with van der Waals surface area (Å²) in [6, 6.07) is 7.37. The summed E-state index contributed by atoms with van der Waals surface area (Å²) in [4.78, 5) is 13.6. The number of nitrogens with one attached hydrogen (secondary N) is 1. The van der Waals surface area contributed by atoms with E-state index in [1.807, 2.05) is 0 Å². The lowest BCUT2D eigenvalue weighted by Crippen LogP contribution is -2.42. The van der Waals surface area contributed by atoms with E-state index >= 15 is 0 Å². The van der Waals surface area contributed by atoms with E-state index in [-0.39, 0.29) is 5.56 Å². The lowest BCUT2D eigenvalue weighted by molar-refractivity contribution is -0.159. The predicted molar refractivity (Wildman–Crippen MR) is 76.0 cm³/mol. The zero-order chi connectivity index (χ0) is 14.9. The van der Waals surface area contributed by atoms with Crippen molar-refractivity contribution < 1.29 is 13.6 Å². The molecule has 3 nitrogen and oxygen atoms in total. The fourth-order valence-electron chi connectivity index (χ4n) is 3.39. The van der Waals surface area contributed by atoms with Crippen LogP contribution in [0.4, 0.5) is 8.78 Å². The molecular formula is C16H20F2N2O. The smallest absolute Gasteiger partial charge is 0.337 e. The first-order valence-electron chi connectivity index (χ1n) is 7.52. The summed E-state index contributed by atoms with van der Waals surface area (Å²) < 4.78 is 28.7. The number of carbonyl (C=O) groups is 1. The van der Waals surface area contributed by atoms with E-state index in [0.717, 1.165) is 25.9 Å². The van der Waals surface area contributed by atoms with Crippen molar-refractivity contribution >= 4 is 5.91 Å². The number of hydrogen-bond donors (Lipinski definition) is 1. The Morgan fingerprint density at radius 2 is 1.67 bits per heavy atom. The van der Waals surface area contributed by atoms with E-state index < -0.39 is 11.8 Å². The van der Waals surface area contributed by atoms with Gasteiger partial charge in [-0.1, -0.05) is 30.3 Å². The number of rotatable bonds is 2. The van der Waals surface area contributed by atoms with Crippen molar-refractivity contribution in [1.29, 1.82) is 0 Å². The first kappa shape index (κ1) is 14.4. The Hall–Kier alpha value is -1.49. The maximum absolute atomic E-state index is 14.4. The summed E-state index contributed by atoms with van der Waals surface area (Å²) in [5.74, 6) is -3.44. The molecule has 5 heteroatoms. The molecule has 0 saturated carbocycles. The second-order valence-electron chi connectivity index (χ2n) is 5.99. The highest BCUT2D eigenvalue weighted by molar-refractivity contribution is 5.84. The van der Waals surface area contributed by atoms with Gasteiger partial charge in [-0.2, -0.15) is 8.78 Å². The fourth-order valence-corrected chi connectivity index (χ4v) is 3.39. The third-order valence-corrected chi connectivity index (χ3v) is 4.71. The number of nitrogens with zero attached hydrogens (tertiary/aromatic N) is 1. The molecule has 114 valence electrons. The summed E-state index contributed by atoms with van der Waals surface area (Å²) >= 11 is 0. The van der Waals surface area contributed by atoms with Crippen molar-refractivity contribution in [1.82, 2.24) is 10.2 Å². The minimum atomic E-state index is -3.43. The van der Waals surface area contributed by atoms with Crippen LogP contribution in [-0.4, -0.2) is 37.0 Å². The van der Waals surface area contributed by atoms with Crippen LogP contribution in [-0.2, 0) is 10.7 Å². The number of halogens is 2. The van der Waals surface area contributed by atoms with Crippen LogP contribution in [0.5, 0.6) is 0 Å². The Kier molecular flexibility index (Phi) is 3.93. The summed E-state index contributed by atoms with van der Waals surface area (Å²) in [6.45, 7) is 2.76. The van der Waals surface area contributed by atoms with Crippen molar-refractivity contribution in [2.45, 2.75) is 18.8 Å². The quantitative estimate of drug-likeness (QED) is 0.907. The zero-order valence-electron chi connectivity index (χ0n) is 11.9. The van der Waals surface area contributed by atoms with E-state index in [9.17, 15) is 13.6 Å². The molecule has 0 bridgehead atoms. The summed E-state index contributed by atoms with van der Waals surface area (Å²) in [7, 11) is 0. The van der Waals surface area contributed by atoms with Gasteiger partial charge < -0.3 is 10.2 Å². The Morgan fingerprint density at radius 1 is 1.10 bits per heavy atom. The second kappa shape index (κ2) is 5.72. The third kappa shape index (κ3) is 2.79. The number of fused-ring (bicyclic) bond motifs is 1. The molecule has 0 aromatic heterocycles. The molecule has 2 aliphatic rings. The molecule has 2 aliphatic heterocycles. The van der Waals surface area contributed by atoms with E-state index in [1.165, 1.54) is 29.2 Å². The third-order valence-electron chi connectivity index (χ3n) is 4.71. The maximum Gasteiger partial charge on any atom is 0.349 e. The Bertz CT molecular complexity index is 492. The predicted octanol–water partition coefficient (Wildman–Crippen LogP) is 2.24. The van der Waals surface area contributed by atoms with Crippen LogP contribution in [0.25, 0.3) is 0 Å². The molecule has 0 radical (unpaired) electrons. The Morgan fingerprint density at radius 3 is 2.24 bits per heavy atom. The van der Waals surface area contributed by atoms with E-state index in [1.54, 1.807) is 6.07 Å². The molecule has 21 heavy (non-hydrogen) atoms. The minimum Gasteiger partial charge on any atom is -0.337 e. The topological polar surface area (TPSA) is 32.3 Å². The minimum absolute atomic E-state index is 0.221. The summed E-state index contributed by atoms with van der Waals surface area (Å²) in [6.07, 6.45) is 1.63. The highest BCUT2D eigenvalue weighted by atomic mass is 19.3. The SMILES string of the molecule is O=C(N1CC[C@@H]2CNC[C@@H]2CC1)C(F)(F)c1ccccc1. The molecule has 1 aromatic rings. The largest absolute Gasteiger partial charge is 0.349 e. The molecule has 2 saturated heterocycles. The molecule has 2 fully saturated rings. The van der Waals surface area contributed by atoms with Crippen molar-refractivity contribution in [2.24, 2.45) is 11.8 Å². The average Bonchev–Trinajstić information content (AvgIpc) is 2.86. The molecule has 2 atom stereocenters. The number of alkyl halides is 2. The number of hydrogen-bond acceptors (Lipinski definition) is 2. The maximum atomic E-state index is 14.4. The molecule has 0 spiro atoms. The van der Waals surface area contributed by atoms with E-state index in [0.29, 0.717) is 24.9 Å². The average molecular weight is 294 g/mol. The van der Waals surface area contributed by atoms with Gasteiger partial charge in [0.25, 0.3) is 5.91 Å². The van der Waals surface area contributed by atoms with Gasteiger partial charge in [0.1, 0.15) is 0 Å². The fraction of sp³-hybridized carbons (Fsp3) is 0.562. The van der Waals surface area contributed by atoms with Gasteiger partial charge in [-0.05, 0) is 37.8 Å². The molecule has 3 rings (SSSR count).